The summed E-state index contributed by atoms with van der Waals surface area (Å²) in [5.74, 6) is 1.83. The maximum atomic E-state index is 12.4. The summed E-state index contributed by atoms with van der Waals surface area (Å²) in [5, 5.41) is 2.92. The number of carbonyl (C=O) groups excluding carboxylic acids is 1. The first kappa shape index (κ1) is 18.3. The molecule has 0 radical (unpaired) electrons. The number of benzene rings is 2. The molecule has 7 heteroatoms. The Hall–Kier alpha value is -2.54. The molecule has 26 heavy (non-hydrogen) atoms. The van der Waals surface area contributed by atoms with Crippen LogP contribution in [0.5, 0.6) is 11.5 Å². The third-order valence-electron chi connectivity index (χ3n) is 3.99. The minimum Gasteiger partial charge on any atom is -0.497 e. The van der Waals surface area contributed by atoms with Crippen LogP contribution in [0.3, 0.4) is 0 Å². The van der Waals surface area contributed by atoms with Gasteiger partial charge in [0.15, 0.2) is 6.10 Å². The summed E-state index contributed by atoms with van der Waals surface area (Å²) in [7, 11) is 1.62. The number of aromatic nitrogens is 2. The molecule has 0 fully saturated rings. The van der Waals surface area contributed by atoms with E-state index in [0.717, 1.165) is 21.3 Å². The molecule has 2 N–H and O–H groups in total. The van der Waals surface area contributed by atoms with E-state index < -0.39 is 6.10 Å². The van der Waals surface area contributed by atoms with Gasteiger partial charge in [-0.1, -0.05) is 12.1 Å². The quantitative estimate of drug-likeness (QED) is 0.635. The van der Waals surface area contributed by atoms with Crippen molar-refractivity contribution in [2.24, 2.45) is 0 Å². The molecule has 0 aliphatic rings. The Morgan fingerprint density at radius 1 is 1.23 bits per heavy atom. The Morgan fingerprint density at radius 2 is 2.00 bits per heavy atom. The molecule has 0 spiro atoms. The number of para-hydroxylation sites is 1. The number of halogens is 1. The summed E-state index contributed by atoms with van der Waals surface area (Å²) in [6.45, 7) is 3.59. The summed E-state index contributed by atoms with van der Waals surface area (Å²) < 4.78 is 11.7. The number of ether oxygens (including phenoxy) is 2. The normalized spacial score (nSPS) is 13.2. The largest absolute Gasteiger partial charge is 0.497 e. The first-order valence-electron chi connectivity index (χ1n) is 8.23. The molecular weight excluding hydrogens is 398 g/mol. The van der Waals surface area contributed by atoms with Crippen LogP contribution in [-0.4, -0.2) is 29.1 Å². The van der Waals surface area contributed by atoms with Crippen LogP contribution in [0, 0.1) is 0 Å². The fourth-order valence-corrected chi connectivity index (χ4v) is 2.90. The number of hydrogen-bond acceptors (Lipinski definition) is 4. The number of hydrogen-bond donors (Lipinski definition) is 2. The van der Waals surface area contributed by atoms with E-state index in [1.165, 1.54) is 0 Å². The summed E-state index contributed by atoms with van der Waals surface area (Å²) in [6, 6.07) is 12.7. The highest BCUT2D eigenvalue weighted by Crippen LogP contribution is 2.25. The second-order valence-corrected chi connectivity index (χ2v) is 6.78. The van der Waals surface area contributed by atoms with Crippen molar-refractivity contribution in [3.05, 3.63) is 52.8 Å². The number of amides is 1. The zero-order valence-electron chi connectivity index (χ0n) is 14.7. The summed E-state index contributed by atoms with van der Waals surface area (Å²) in [4.78, 5) is 20.2. The Morgan fingerprint density at radius 3 is 2.73 bits per heavy atom. The number of rotatable bonds is 6. The van der Waals surface area contributed by atoms with Gasteiger partial charge in [-0.05, 0) is 54.0 Å². The highest BCUT2D eigenvalue weighted by Gasteiger charge is 2.20. The molecule has 1 amide bonds. The number of nitrogens with zero attached hydrogens (tertiary/aromatic N) is 1. The standard InChI is InChI=1S/C19H20BrN3O3/c1-11(18-22-15-9-8-13(25-3)10-16(15)23-18)21-19(24)12(2)26-17-7-5-4-6-14(17)20/h4-12H,1-3H3,(H,21,24)(H,22,23)/t11-,12-/m0/s1. The molecule has 0 saturated heterocycles. The lowest BCUT2D eigenvalue weighted by molar-refractivity contribution is -0.128. The van der Waals surface area contributed by atoms with Gasteiger partial charge in [-0.25, -0.2) is 4.98 Å². The van der Waals surface area contributed by atoms with E-state index in [1.807, 2.05) is 49.4 Å². The molecule has 2 aromatic carbocycles. The zero-order valence-corrected chi connectivity index (χ0v) is 16.3. The maximum Gasteiger partial charge on any atom is 0.261 e. The number of methoxy groups -OCH3 is 1. The average molecular weight is 418 g/mol. The maximum absolute atomic E-state index is 12.4. The van der Waals surface area contributed by atoms with Gasteiger partial charge in [0.25, 0.3) is 5.91 Å². The minimum absolute atomic E-state index is 0.216. The number of H-pyrrole nitrogens is 1. The van der Waals surface area contributed by atoms with E-state index in [0.29, 0.717) is 11.6 Å². The lowest BCUT2D eigenvalue weighted by Crippen LogP contribution is -2.38. The van der Waals surface area contributed by atoms with Crippen LogP contribution in [0.1, 0.15) is 25.7 Å². The van der Waals surface area contributed by atoms with E-state index in [-0.39, 0.29) is 11.9 Å². The van der Waals surface area contributed by atoms with Crippen LogP contribution >= 0.6 is 15.9 Å². The fourth-order valence-electron chi connectivity index (χ4n) is 2.52. The van der Waals surface area contributed by atoms with E-state index in [4.69, 9.17) is 9.47 Å². The number of nitrogens with one attached hydrogen (secondary N) is 2. The lowest BCUT2D eigenvalue weighted by Gasteiger charge is -2.18. The number of carbonyl (C=O) groups is 1. The molecule has 1 heterocycles. The van der Waals surface area contributed by atoms with Crippen molar-refractivity contribution < 1.29 is 14.3 Å². The first-order valence-corrected chi connectivity index (χ1v) is 9.02. The molecular formula is C19H20BrN3O3. The number of aromatic amines is 1. The van der Waals surface area contributed by atoms with E-state index >= 15 is 0 Å². The van der Waals surface area contributed by atoms with E-state index in [9.17, 15) is 4.79 Å². The van der Waals surface area contributed by atoms with Gasteiger partial charge in [0.05, 0.1) is 28.7 Å². The van der Waals surface area contributed by atoms with Gasteiger partial charge in [-0.3, -0.25) is 4.79 Å². The summed E-state index contributed by atoms with van der Waals surface area (Å²) in [5.41, 5.74) is 1.68. The molecule has 136 valence electrons. The van der Waals surface area contributed by atoms with Crippen molar-refractivity contribution in [2.45, 2.75) is 26.0 Å². The van der Waals surface area contributed by atoms with E-state index in [1.54, 1.807) is 14.0 Å². The molecule has 6 nitrogen and oxygen atoms in total. The second-order valence-electron chi connectivity index (χ2n) is 5.93. The Kier molecular flexibility index (Phi) is 5.46. The fraction of sp³-hybridized carbons (Fsp3) is 0.263. The second kappa shape index (κ2) is 7.78. The van der Waals surface area contributed by atoms with Crippen molar-refractivity contribution in [2.75, 3.05) is 7.11 Å². The van der Waals surface area contributed by atoms with Gasteiger partial charge in [0.1, 0.15) is 17.3 Å². The molecule has 0 saturated carbocycles. The Labute approximate surface area is 160 Å². The SMILES string of the molecule is COc1ccc2nc([C@H](C)NC(=O)[C@H](C)Oc3ccccc3Br)[nH]c2c1. The van der Waals surface area contributed by atoms with Crippen LogP contribution in [0.4, 0.5) is 0 Å². The van der Waals surface area contributed by atoms with Gasteiger partial charge < -0.3 is 19.8 Å². The highest BCUT2D eigenvalue weighted by molar-refractivity contribution is 9.10. The monoisotopic (exact) mass is 417 g/mol. The van der Waals surface area contributed by atoms with Gasteiger partial charge in [-0.2, -0.15) is 0 Å². The van der Waals surface area contributed by atoms with Crippen molar-refractivity contribution >= 4 is 32.9 Å². The van der Waals surface area contributed by atoms with Crippen LogP contribution in [-0.2, 0) is 4.79 Å². The Bertz CT molecular complexity index is 925. The third-order valence-corrected chi connectivity index (χ3v) is 4.64. The summed E-state index contributed by atoms with van der Waals surface area (Å²) in [6.07, 6.45) is -0.638. The molecule has 2 atom stereocenters. The van der Waals surface area contributed by atoms with Gasteiger partial charge in [0.2, 0.25) is 0 Å². The highest BCUT2D eigenvalue weighted by atomic mass is 79.9. The third kappa shape index (κ3) is 3.99. The lowest BCUT2D eigenvalue weighted by atomic mass is 10.2. The van der Waals surface area contributed by atoms with Crippen molar-refractivity contribution in [1.29, 1.82) is 0 Å². The Balaban J connectivity index is 1.67. The van der Waals surface area contributed by atoms with Crippen LogP contribution in [0.2, 0.25) is 0 Å². The van der Waals surface area contributed by atoms with Crippen LogP contribution < -0.4 is 14.8 Å². The molecule has 3 aromatic rings. The van der Waals surface area contributed by atoms with Gasteiger partial charge in [-0.15, -0.1) is 0 Å². The molecule has 3 rings (SSSR count). The molecule has 0 unspecified atom stereocenters. The van der Waals surface area contributed by atoms with Crippen LogP contribution in [0.15, 0.2) is 46.9 Å². The zero-order chi connectivity index (χ0) is 18.7. The number of fused-ring (bicyclic) bond motifs is 1. The van der Waals surface area contributed by atoms with Crippen molar-refractivity contribution in [3.8, 4) is 11.5 Å². The molecule has 0 aliphatic carbocycles. The molecule has 0 bridgehead atoms. The van der Waals surface area contributed by atoms with Crippen LogP contribution in [0.25, 0.3) is 11.0 Å². The van der Waals surface area contributed by atoms with Crippen molar-refractivity contribution in [1.82, 2.24) is 15.3 Å². The predicted molar refractivity (Wildman–Crippen MR) is 103 cm³/mol. The molecule has 1 aromatic heterocycles. The molecule has 0 aliphatic heterocycles. The van der Waals surface area contributed by atoms with Gasteiger partial charge >= 0.3 is 0 Å². The van der Waals surface area contributed by atoms with E-state index in [2.05, 4.69) is 31.2 Å². The predicted octanol–water partition coefficient (Wildman–Crippen LogP) is 3.98. The first-order chi connectivity index (χ1) is 12.5. The summed E-state index contributed by atoms with van der Waals surface area (Å²) >= 11 is 3.41. The average Bonchev–Trinajstić information content (AvgIpc) is 3.06. The number of imidazole rings is 1. The topological polar surface area (TPSA) is 76.2 Å². The van der Waals surface area contributed by atoms with Gasteiger partial charge in [0, 0.05) is 6.07 Å². The minimum atomic E-state index is -0.638. The smallest absolute Gasteiger partial charge is 0.261 e. The van der Waals surface area contributed by atoms with Crippen molar-refractivity contribution in [3.63, 3.8) is 0 Å².